The van der Waals surface area contributed by atoms with Crippen molar-refractivity contribution in [3.63, 3.8) is 0 Å². The highest BCUT2D eigenvalue weighted by atomic mass is 32.2. The van der Waals surface area contributed by atoms with Crippen molar-refractivity contribution in [2.24, 2.45) is 17.7 Å². The Morgan fingerprint density at radius 1 is 1.25 bits per heavy atom. The summed E-state index contributed by atoms with van der Waals surface area (Å²) in [6.45, 7) is 2.28. The van der Waals surface area contributed by atoms with E-state index in [1.54, 1.807) is 18.2 Å². The van der Waals surface area contributed by atoms with Crippen LogP contribution in [0.5, 0.6) is 0 Å². The molecule has 0 heterocycles. The molecule has 1 aromatic carbocycles. The lowest BCUT2D eigenvalue weighted by Crippen LogP contribution is -2.35. The summed E-state index contributed by atoms with van der Waals surface area (Å²) in [5, 5.41) is 0. The molecule has 2 rings (SSSR count). The van der Waals surface area contributed by atoms with Crippen molar-refractivity contribution in [1.29, 1.82) is 0 Å². The van der Waals surface area contributed by atoms with Crippen molar-refractivity contribution in [2.75, 3.05) is 6.26 Å². The number of hydrogen-bond acceptors (Lipinski definition) is 4. The second-order valence-electron chi connectivity index (χ2n) is 6.01. The lowest BCUT2D eigenvalue weighted by molar-refractivity contribution is 0.232. The maximum absolute atomic E-state index is 11.7. The molecular weight excluding hydrogens is 272 g/mol. The zero-order valence-electron chi connectivity index (χ0n) is 12.2. The van der Waals surface area contributed by atoms with E-state index in [0.29, 0.717) is 10.8 Å². The largest absolute Gasteiger partial charge is 0.271 e. The zero-order chi connectivity index (χ0) is 14.8. The smallest absolute Gasteiger partial charge is 0.175 e. The SMILES string of the molecule is CC1CCC(C(NN)c2cccc(S(C)(=O)=O)c2)CC1. The molecule has 0 amide bonds. The van der Waals surface area contributed by atoms with E-state index in [0.717, 1.165) is 24.3 Å². The van der Waals surface area contributed by atoms with Crippen LogP contribution in [0, 0.1) is 11.8 Å². The third-order valence-electron chi connectivity index (χ3n) is 4.36. The van der Waals surface area contributed by atoms with E-state index in [9.17, 15) is 8.42 Å². The first-order valence-corrected chi connectivity index (χ1v) is 9.07. The normalized spacial score (nSPS) is 25.4. The monoisotopic (exact) mass is 296 g/mol. The van der Waals surface area contributed by atoms with Gasteiger partial charge in [-0.25, -0.2) is 8.42 Å². The number of rotatable bonds is 4. The van der Waals surface area contributed by atoms with E-state index in [1.807, 2.05) is 6.07 Å². The summed E-state index contributed by atoms with van der Waals surface area (Å²) in [4.78, 5) is 0.361. The molecule has 20 heavy (non-hydrogen) atoms. The Bertz CT molecular complexity index is 549. The summed E-state index contributed by atoms with van der Waals surface area (Å²) in [7, 11) is -3.18. The van der Waals surface area contributed by atoms with Crippen LogP contribution in [0.25, 0.3) is 0 Å². The maximum atomic E-state index is 11.7. The van der Waals surface area contributed by atoms with E-state index in [2.05, 4.69) is 12.3 Å². The second-order valence-corrected chi connectivity index (χ2v) is 8.02. The van der Waals surface area contributed by atoms with Crippen LogP contribution >= 0.6 is 0 Å². The average Bonchev–Trinajstić information content (AvgIpc) is 2.41. The number of hydrogen-bond donors (Lipinski definition) is 2. The highest BCUT2D eigenvalue weighted by Crippen LogP contribution is 2.36. The molecule has 1 saturated carbocycles. The number of hydrazine groups is 1. The molecule has 0 aliphatic heterocycles. The van der Waals surface area contributed by atoms with Crippen molar-refractivity contribution < 1.29 is 8.42 Å². The molecule has 1 unspecified atom stereocenters. The van der Waals surface area contributed by atoms with Crippen LogP contribution in [0.1, 0.15) is 44.2 Å². The third-order valence-corrected chi connectivity index (χ3v) is 5.47. The van der Waals surface area contributed by atoms with Gasteiger partial charge < -0.3 is 0 Å². The Hall–Kier alpha value is -0.910. The molecule has 0 saturated heterocycles. The van der Waals surface area contributed by atoms with Gasteiger partial charge >= 0.3 is 0 Å². The van der Waals surface area contributed by atoms with Gasteiger partial charge in [0.15, 0.2) is 9.84 Å². The van der Waals surface area contributed by atoms with Crippen molar-refractivity contribution >= 4 is 9.84 Å². The standard InChI is InChI=1S/C15H24N2O2S/c1-11-6-8-12(9-7-11)15(17-16)13-4-3-5-14(10-13)20(2,18)19/h3-5,10-12,15,17H,6-9,16H2,1-2H3. The van der Waals surface area contributed by atoms with Crippen LogP contribution in [0.3, 0.4) is 0 Å². The van der Waals surface area contributed by atoms with Crippen LogP contribution in [-0.2, 0) is 9.84 Å². The van der Waals surface area contributed by atoms with E-state index in [4.69, 9.17) is 5.84 Å². The Morgan fingerprint density at radius 3 is 2.45 bits per heavy atom. The first-order chi connectivity index (χ1) is 9.41. The van der Waals surface area contributed by atoms with Crippen LogP contribution in [-0.4, -0.2) is 14.7 Å². The minimum absolute atomic E-state index is 0.0317. The van der Waals surface area contributed by atoms with Gasteiger partial charge in [0.2, 0.25) is 0 Å². The lowest BCUT2D eigenvalue weighted by Gasteiger charge is -2.32. The van der Waals surface area contributed by atoms with Crippen LogP contribution in [0.4, 0.5) is 0 Å². The van der Waals surface area contributed by atoms with Gasteiger partial charge in [0, 0.05) is 12.3 Å². The molecule has 5 heteroatoms. The molecule has 0 radical (unpaired) electrons. The van der Waals surface area contributed by atoms with Crippen molar-refractivity contribution in [2.45, 2.75) is 43.5 Å². The number of benzene rings is 1. The van der Waals surface area contributed by atoms with Crippen LogP contribution < -0.4 is 11.3 Å². The topological polar surface area (TPSA) is 72.2 Å². The Morgan fingerprint density at radius 2 is 1.90 bits per heavy atom. The highest BCUT2D eigenvalue weighted by Gasteiger charge is 2.27. The molecule has 4 nitrogen and oxygen atoms in total. The minimum atomic E-state index is -3.18. The fourth-order valence-electron chi connectivity index (χ4n) is 3.06. The van der Waals surface area contributed by atoms with Gasteiger partial charge in [0.25, 0.3) is 0 Å². The number of nitrogens with two attached hydrogens (primary N) is 1. The summed E-state index contributed by atoms with van der Waals surface area (Å²) >= 11 is 0. The zero-order valence-corrected chi connectivity index (χ0v) is 13.0. The number of sulfone groups is 1. The summed E-state index contributed by atoms with van der Waals surface area (Å²) < 4.78 is 23.3. The van der Waals surface area contributed by atoms with Crippen LogP contribution in [0.2, 0.25) is 0 Å². The molecule has 0 aromatic heterocycles. The summed E-state index contributed by atoms with van der Waals surface area (Å²) in [5.74, 6) is 6.99. The summed E-state index contributed by atoms with van der Waals surface area (Å²) in [5.41, 5.74) is 3.85. The molecule has 1 aliphatic carbocycles. The van der Waals surface area contributed by atoms with Gasteiger partial charge in [-0.1, -0.05) is 31.9 Å². The Kier molecular flexibility index (Phi) is 4.83. The maximum Gasteiger partial charge on any atom is 0.175 e. The van der Waals surface area contributed by atoms with E-state index < -0.39 is 9.84 Å². The van der Waals surface area contributed by atoms with Crippen molar-refractivity contribution in [3.05, 3.63) is 29.8 Å². The average molecular weight is 296 g/mol. The molecule has 1 atom stereocenters. The first kappa shape index (κ1) is 15.5. The van der Waals surface area contributed by atoms with Gasteiger partial charge in [-0.3, -0.25) is 11.3 Å². The number of nitrogens with one attached hydrogen (secondary N) is 1. The fourth-order valence-corrected chi connectivity index (χ4v) is 3.74. The molecule has 112 valence electrons. The molecule has 1 aliphatic rings. The quantitative estimate of drug-likeness (QED) is 0.661. The minimum Gasteiger partial charge on any atom is -0.271 e. The lowest BCUT2D eigenvalue weighted by atomic mass is 9.77. The van der Waals surface area contributed by atoms with E-state index in [-0.39, 0.29) is 6.04 Å². The van der Waals surface area contributed by atoms with Crippen molar-refractivity contribution in [3.8, 4) is 0 Å². The summed E-state index contributed by atoms with van der Waals surface area (Å²) in [6.07, 6.45) is 5.95. The summed E-state index contributed by atoms with van der Waals surface area (Å²) in [6, 6.07) is 7.16. The molecule has 0 spiro atoms. The second kappa shape index (κ2) is 6.24. The third kappa shape index (κ3) is 3.59. The predicted octanol–water partition coefficient (Wildman–Crippen LogP) is 2.42. The molecule has 3 N–H and O–H groups in total. The highest BCUT2D eigenvalue weighted by molar-refractivity contribution is 7.90. The van der Waals surface area contributed by atoms with Gasteiger partial charge in [-0.05, 0) is 42.4 Å². The molecule has 1 aromatic rings. The molecular formula is C15H24N2O2S. The van der Waals surface area contributed by atoms with Gasteiger partial charge in [0.05, 0.1) is 4.90 Å². The van der Waals surface area contributed by atoms with Crippen LogP contribution in [0.15, 0.2) is 29.2 Å². The Labute approximate surface area is 121 Å². The van der Waals surface area contributed by atoms with E-state index in [1.165, 1.54) is 19.1 Å². The van der Waals surface area contributed by atoms with E-state index >= 15 is 0 Å². The first-order valence-electron chi connectivity index (χ1n) is 7.18. The molecule has 1 fully saturated rings. The molecule has 0 bridgehead atoms. The predicted molar refractivity (Wildman–Crippen MR) is 80.7 cm³/mol. The fraction of sp³-hybridized carbons (Fsp3) is 0.600. The Balaban J connectivity index is 2.23. The van der Waals surface area contributed by atoms with Gasteiger partial charge in [-0.2, -0.15) is 0 Å². The van der Waals surface area contributed by atoms with Gasteiger partial charge in [0.1, 0.15) is 0 Å². The van der Waals surface area contributed by atoms with Gasteiger partial charge in [-0.15, -0.1) is 0 Å². The van der Waals surface area contributed by atoms with Crippen molar-refractivity contribution in [1.82, 2.24) is 5.43 Å².